The van der Waals surface area contributed by atoms with Crippen molar-refractivity contribution in [2.75, 3.05) is 6.54 Å². The van der Waals surface area contributed by atoms with E-state index in [2.05, 4.69) is 12.2 Å². The van der Waals surface area contributed by atoms with E-state index in [9.17, 15) is 9.59 Å². The Morgan fingerprint density at radius 3 is 2.70 bits per heavy atom. The van der Waals surface area contributed by atoms with E-state index in [-0.39, 0.29) is 11.7 Å². The summed E-state index contributed by atoms with van der Waals surface area (Å²) in [6, 6.07) is 9.23. The van der Waals surface area contributed by atoms with E-state index in [0.717, 1.165) is 25.7 Å². The van der Waals surface area contributed by atoms with Gasteiger partial charge in [-0.05, 0) is 19.3 Å². The SMILES string of the molecule is CCCCC1(C(=O)c2ccccc2)CCCCNC1=O. The molecule has 0 aromatic heterocycles. The third-order valence-corrected chi connectivity index (χ3v) is 4.18. The third kappa shape index (κ3) is 2.92. The van der Waals surface area contributed by atoms with E-state index in [0.29, 0.717) is 24.9 Å². The molecule has 2 rings (SSSR count). The van der Waals surface area contributed by atoms with Crippen LogP contribution >= 0.6 is 0 Å². The van der Waals surface area contributed by atoms with Crippen molar-refractivity contribution in [3.05, 3.63) is 35.9 Å². The summed E-state index contributed by atoms with van der Waals surface area (Å²) < 4.78 is 0. The van der Waals surface area contributed by atoms with Crippen LogP contribution in [0.25, 0.3) is 0 Å². The van der Waals surface area contributed by atoms with Gasteiger partial charge in [-0.2, -0.15) is 0 Å². The van der Waals surface area contributed by atoms with E-state index in [1.165, 1.54) is 0 Å². The molecule has 20 heavy (non-hydrogen) atoms. The lowest BCUT2D eigenvalue weighted by Gasteiger charge is -2.29. The molecule has 1 N–H and O–H groups in total. The molecular weight excluding hydrogens is 250 g/mol. The van der Waals surface area contributed by atoms with Gasteiger partial charge < -0.3 is 5.32 Å². The fourth-order valence-electron chi connectivity index (χ4n) is 2.95. The smallest absolute Gasteiger partial charge is 0.234 e. The van der Waals surface area contributed by atoms with Crippen LogP contribution in [0, 0.1) is 5.41 Å². The first-order chi connectivity index (χ1) is 9.70. The van der Waals surface area contributed by atoms with E-state index in [1.807, 2.05) is 30.3 Å². The van der Waals surface area contributed by atoms with Crippen LogP contribution in [0.1, 0.15) is 55.8 Å². The number of unbranched alkanes of at least 4 members (excludes halogenated alkanes) is 1. The highest BCUT2D eigenvalue weighted by Crippen LogP contribution is 2.36. The van der Waals surface area contributed by atoms with Gasteiger partial charge in [0.15, 0.2) is 5.78 Å². The molecule has 1 saturated heterocycles. The van der Waals surface area contributed by atoms with Gasteiger partial charge in [-0.25, -0.2) is 0 Å². The Hall–Kier alpha value is -1.64. The molecule has 1 unspecified atom stereocenters. The van der Waals surface area contributed by atoms with Crippen LogP contribution in [-0.4, -0.2) is 18.2 Å². The lowest BCUT2D eigenvalue weighted by atomic mass is 9.72. The number of ketones is 1. The second-order valence-electron chi connectivity index (χ2n) is 5.59. The molecule has 1 amide bonds. The van der Waals surface area contributed by atoms with Crippen molar-refractivity contribution < 1.29 is 9.59 Å². The molecule has 1 aliphatic heterocycles. The molecule has 1 aliphatic rings. The lowest BCUT2D eigenvalue weighted by Crippen LogP contribution is -2.45. The predicted molar refractivity (Wildman–Crippen MR) is 79.6 cm³/mol. The third-order valence-electron chi connectivity index (χ3n) is 4.18. The van der Waals surface area contributed by atoms with Crippen molar-refractivity contribution in [1.82, 2.24) is 5.32 Å². The number of Topliss-reactive ketones (excluding diaryl/α,β-unsaturated/α-hetero) is 1. The van der Waals surface area contributed by atoms with Crippen molar-refractivity contribution in [2.24, 2.45) is 5.41 Å². The number of hydrogen-bond donors (Lipinski definition) is 1. The normalized spacial score (nSPS) is 22.9. The Bertz CT molecular complexity index is 469. The number of carbonyl (C=O) groups excluding carboxylic acids is 2. The van der Waals surface area contributed by atoms with Gasteiger partial charge in [0.05, 0.1) is 0 Å². The minimum atomic E-state index is -0.853. The van der Waals surface area contributed by atoms with Crippen LogP contribution in [0.3, 0.4) is 0 Å². The maximum Gasteiger partial charge on any atom is 0.234 e. The molecule has 108 valence electrons. The average molecular weight is 273 g/mol. The van der Waals surface area contributed by atoms with Gasteiger partial charge in [0, 0.05) is 12.1 Å². The van der Waals surface area contributed by atoms with Crippen LogP contribution in [0.4, 0.5) is 0 Å². The van der Waals surface area contributed by atoms with Gasteiger partial charge in [-0.1, -0.05) is 56.5 Å². The van der Waals surface area contributed by atoms with E-state index in [1.54, 1.807) is 0 Å². The number of benzene rings is 1. The molecule has 3 nitrogen and oxygen atoms in total. The summed E-state index contributed by atoms with van der Waals surface area (Å²) in [6.45, 7) is 2.78. The zero-order chi connectivity index (χ0) is 14.4. The van der Waals surface area contributed by atoms with Crippen molar-refractivity contribution in [3.8, 4) is 0 Å². The number of hydrogen-bond acceptors (Lipinski definition) is 2. The van der Waals surface area contributed by atoms with Gasteiger partial charge >= 0.3 is 0 Å². The van der Waals surface area contributed by atoms with Crippen molar-refractivity contribution in [3.63, 3.8) is 0 Å². The van der Waals surface area contributed by atoms with Gasteiger partial charge in [0.2, 0.25) is 5.91 Å². The van der Waals surface area contributed by atoms with Crippen LogP contribution < -0.4 is 5.32 Å². The molecule has 1 aromatic rings. The van der Waals surface area contributed by atoms with Crippen LogP contribution in [0.5, 0.6) is 0 Å². The average Bonchev–Trinajstić information content (AvgIpc) is 2.68. The molecule has 1 aromatic carbocycles. The number of rotatable bonds is 5. The number of nitrogens with one attached hydrogen (secondary N) is 1. The minimum Gasteiger partial charge on any atom is -0.355 e. The highest BCUT2D eigenvalue weighted by Gasteiger charge is 2.45. The molecule has 0 saturated carbocycles. The zero-order valence-electron chi connectivity index (χ0n) is 12.2. The second kappa shape index (κ2) is 6.69. The van der Waals surface area contributed by atoms with Gasteiger partial charge in [0.1, 0.15) is 5.41 Å². The van der Waals surface area contributed by atoms with E-state index >= 15 is 0 Å². The molecule has 0 aliphatic carbocycles. The summed E-state index contributed by atoms with van der Waals surface area (Å²) in [5.74, 6) is -0.0803. The predicted octanol–water partition coefficient (Wildman–Crippen LogP) is 3.35. The van der Waals surface area contributed by atoms with E-state index < -0.39 is 5.41 Å². The Kier molecular flexibility index (Phi) is 4.94. The molecule has 1 heterocycles. The summed E-state index contributed by atoms with van der Waals surface area (Å²) in [7, 11) is 0. The summed E-state index contributed by atoms with van der Waals surface area (Å²) in [5, 5.41) is 2.94. The van der Waals surface area contributed by atoms with Crippen molar-refractivity contribution in [1.29, 1.82) is 0 Å². The van der Waals surface area contributed by atoms with Crippen molar-refractivity contribution in [2.45, 2.75) is 45.4 Å². The first kappa shape index (κ1) is 14.8. The molecule has 1 atom stereocenters. The molecule has 0 spiro atoms. The van der Waals surface area contributed by atoms with Gasteiger partial charge in [0.25, 0.3) is 0 Å². The quantitative estimate of drug-likeness (QED) is 0.660. The van der Waals surface area contributed by atoms with Crippen LogP contribution in [-0.2, 0) is 4.79 Å². The summed E-state index contributed by atoms with van der Waals surface area (Å²) in [6.07, 6.45) is 5.13. The Balaban J connectivity index is 2.34. The Labute approximate surface area is 120 Å². The van der Waals surface area contributed by atoms with Crippen LogP contribution in [0.2, 0.25) is 0 Å². The summed E-state index contributed by atoms with van der Waals surface area (Å²) in [4.78, 5) is 25.5. The minimum absolute atomic E-state index is 0.00838. The Morgan fingerprint density at radius 1 is 1.25 bits per heavy atom. The maximum absolute atomic E-state index is 12.9. The topological polar surface area (TPSA) is 46.2 Å². The molecule has 0 radical (unpaired) electrons. The monoisotopic (exact) mass is 273 g/mol. The Morgan fingerprint density at radius 2 is 2.00 bits per heavy atom. The largest absolute Gasteiger partial charge is 0.355 e. The highest BCUT2D eigenvalue weighted by molar-refractivity contribution is 6.14. The standard InChI is InChI=1S/C17H23NO2/c1-2-3-11-17(12-7-8-13-18-16(17)20)15(19)14-9-5-4-6-10-14/h4-6,9-10H,2-3,7-8,11-13H2,1H3,(H,18,20). The first-order valence-corrected chi connectivity index (χ1v) is 7.59. The number of carbonyl (C=O) groups is 2. The molecular formula is C17H23NO2. The molecule has 1 fully saturated rings. The van der Waals surface area contributed by atoms with Crippen LogP contribution in [0.15, 0.2) is 30.3 Å². The zero-order valence-corrected chi connectivity index (χ0v) is 12.2. The maximum atomic E-state index is 12.9. The first-order valence-electron chi connectivity index (χ1n) is 7.59. The van der Waals surface area contributed by atoms with Gasteiger partial charge in [-0.15, -0.1) is 0 Å². The lowest BCUT2D eigenvalue weighted by molar-refractivity contribution is -0.128. The summed E-state index contributed by atoms with van der Waals surface area (Å²) >= 11 is 0. The summed E-state index contributed by atoms with van der Waals surface area (Å²) in [5.41, 5.74) is -0.200. The van der Waals surface area contributed by atoms with Gasteiger partial charge in [-0.3, -0.25) is 9.59 Å². The number of amides is 1. The van der Waals surface area contributed by atoms with Crippen molar-refractivity contribution >= 4 is 11.7 Å². The highest BCUT2D eigenvalue weighted by atomic mass is 16.2. The molecule has 3 heteroatoms. The second-order valence-corrected chi connectivity index (χ2v) is 5.59. The fourth-order valence-corrected chi connectivity index (χ4v) is 2.95. The van der Waals surface area contributed by atoms with E-state index in [4.69, 9.17) is 0 Å². The molecule has 0 bridgehead atoms. The fraction of sp³-hybridized carbons (Fsp3) is 0.529.